The van der Waals surface area contributed by atoms with Crippen LogP contribution in [0.2, 0.25) is 0 Å². The predicted molar refractivity (Wildman–Crippen MR) is 100 cm³/mol. The average molecular weight is 420 g/mol. The first kappa shape index (κ1) is 20.0. The van der Waals surface area contributed by atoms with Gasteiger partial charge in [-0.1, -0.05) is 48.9 Å². The van der Waals surface area contributed by atoms with Crippen LogP contribution in [0.15, 0.2) is 79.4 Å². The second kappa shape index (κ2) is 11.5. The van der Waals surface area contributed by atoms with E-state index in [4.69, 9.17) is 23.6 Å². The molecular weight excluding hydrogens is 402 g/mol. The zero-order valence-electron chi connectivity index (χ0n) is 13.0. The molecule has 0 N–H and O–H groups in total. The van der Waals surface area contributed by atoms with Gasteiger partial charge in [0.15, 0.2) is 0 Å². The Bertz CT molecular complexity index is 724. The summed E-state index contributed by atoms with van der Waals surface area (Å²) >= 11 is -0.826. The Morgan fingerprint density at radius 1 is 1.09 bits per heavy atom. The summed E-state index contributed by atoms with van der Waals surface area (Å²) in [7, 11) is 9.87. The van der Waals surface area contributed by atoms with Gasteiger partial charge in [-0.05, 0) is 5.56 Å². The first-order valence-electron chi connectivity index (χ1n) is 7.01. The van der Waals surface area contributed by atoms with Crippen molar-refractivity contribution in [3.8, 4) is 11.1 Å². The first-order valence-corrected chi connectivity index (χ1v) is 13.3. The molecule has 0 fully saturated rings. The molecule has 0 nitrogen and oxygen atoms in total. The van der Waals surface area contributed by atoms with E-state index in [-0.39, 0.29) is 0 Å². The van der Waals surface area contributed by atoms with Crippen LogP contribution in [-0.2, 0) is 20.8 Å². The summed E-state index contributed by atoms with van der Waals surface area (Å²) in [6.45, 7) is 10.2. The quantitative estimate of drug-likeness (QED) is 0.307. The Kier molecular flexibility index (Phi) is 10.0. The van der Waals surface area contributed by atoms with Gasteiger partial charge in [0.05, 0.1) is 0 Å². The molecule has 0 radical (unpaired) electrons. The van der Waals surface area contributed by atoms with E-state index in [2.05, 4.69) is 74.2 Å². The summed E-state index contributed by atoms with van der Waals surface area (Å²) in [4.78, 5) is 0. The van der Waals surface area contributed by atoms with Crippen molar-refractivity contribution in [2.24, 2.45) is 0 Å². The van der Waals surface area contributed by atoms with Gasteiger partial charge < -0.3 is 0 Å². The van der Waals surface area contributed by atoms with E-state index in [9.17, 15) is 0 Å². The van der Waals surface area contributed by atoms with Gasteiger partial charge >= 0.3 is 37.9 Å². The third-order valence-electron chi connectivity index (χ3n) is 3.12. The molecular formula is C20H18Cl2Zr. The van der Waals surface area contributed by atoms with E-state index in [1.807, 2.05) is 0 Å². The fourth-order valence-electron chi connectivity index (χ4n) is 2.25. The van der Waals surface area contributed by atoms with Crippen LogP contribution in [0.3, 0.4) is 0 Å². The van der Waals surface area contributed by atoms with Gasteiger partial charge in [-0.3, -0.25) is 6.58 Å². The standard InChI is InChI=1S/C16H13.C4H5.2ClH.Zr/c1-12-10-14-8-5-9-15(16(14)11-12)13-6-3-2-4-7-13;1-3-4-2;;;/h2-11H,1H3;1,3-4H,2H2;2*1H;/q2*-1;;;+4/p-2. The molecule has 116 valence electrons. The predicted octanol–water partition coefficient (Wildman–Crippen LogP) is 7.07. The van der Waals surface area contributed by atoms with Crippen LogP contribution < -0.4 is 0 Å². The number of fused-ring (bicyclic) bond motifs is 1. The Morgan fingerprint density at radius 2 is 1.70 bits per heavy atom. The van der Waals surface area contributed by atoms with E-state index in [1.54, 1.807) is 0 Å². The van der Waals surface area contributed by atoms with Crippen molar-refractivity contribution < 1.29 is 20.8 Å². The molecule has 3 aromatic carbocycles. The topological polar surface area (TPSA) is 0 Å². The van der Waals surface area contributed by atoms with Crippen molar-refractivity contribution in [2.75, 3.05) is 0 Å². The minimum absolute atomic E-state index is 0.826. The fraction of sp³-hybridized carbons (Fsp3) is 0.0500. The third kappa shape index (κ3) is 6.55. The average Bonchev–Trinajstić information content (AvgIpc) is 2.96. The number of rotatable bonds is 2. The van der Waals surface area contributed by atoms with Gasteiger partial charge in [0, 0.05) is 0 Å². The molecule has 0 saturated carbocycles. The monoisotopic (exact) mass is 418 g/mol. The van der Waals surface area contributed by atoms with Crippen molar-refractivity contribution in [1.82, 2.24) is 0 Å². The van der Waals surface area contributed by atoms with Gasteiger partial charge in [0.2, 0.25) is 0 Å². The second-order valence-electron chi connectivity index (χ2n) is 4.71. The van der Waals surface area contributed by atoms with Gasteiger partial charge in [-0.2, -0.15) is 12.6 Å². The molecule has 0 aliphatic heterocycles. The molecule has 23 heavy (non-hydrogen) atoms. The van der Waals surface area contributed by atoms with E-state index in [0.717, 1.165) is 0 Å². The van der Waals surface area contributed by atoms with Gasteiger partial charge in [-0.15, -0.1) is 34.5 Å². The van der Waals surface area contributed by atoms with Crippen LogP contribution in [0.4, 0.5) is 0 Å². The van der Waals surface area contributed by atoms with Crippen molar-refractivity contribution in [1.29, 1.82) is 0 Å². The summed E-state index contributed by atoms with van der Waals surface area (Å²) < 4.78 is 0. The van der Waals surface area contributed by atoms with Crippen LogP contribution >= 0.6 is 17.0 Å². The molecule has 3 heteroatoms. The molecule has 0 aromatic heterocycles. The zero-order valence-corrected chi connectivity index (χ0v) is 16.9. The van der Waals surface area contributed by atoms with Gasteiger partial charge in [-0.25, -0.2) is 12.2 Å². The Hall–Kier alpha value is -1.01. The molecule has 0 atom stereocenters. The molecule has 0 amide bonds. The van der Waals surface area contributed by atoms with Crippen LogP contribution in [0, 0.1) is 13.5 Å². The molecule has 0 heterocycles. The minimum atomic E-state index is -0.826. The summed E-state index contributed by atoms with van der Waals surface area (Å²) in [6, 6.07) is 21.6. The molecule has 3 aromatic rings. The normalized spacial score (nSPS) is 8.83. The molecule has 0 aliphatic rings. The summed E-state index contributed by atoms with van der Waals surface area (Å²) in [5.74, 6) is 0. The number of hydrogen-bond donors (Lipinski definition) is 0. The molecule has 0 spiro atoms. The molecule has 3 rings (SSSR count). The number of aryl methyl sites for hydroxylation is 1. The zero-order chi connectivity index (χ0) is 17.1. The van der Waals surface area contributed by atoms with Crippen LogP contribution in [0.1, 0.15) is 5.56 Å². The van der Waals surface area contributed by atoms with Crippen molar-refractivity contribution in [3.63, 3.8) is 0 Å². The SMILES string of the molecule is Cc1cc2c(-c3ccccc3)cccc2[cH-]1.[CH-]=CC=C.[Cl][Zr+2][Cl]. The number of halogens is 2. The Morgan fingerprint density at radius 3 is 2.26 bits per heavy atom. The molecule has 0 saturated heterocycles. The number of hydrogen-bond acceptors (Lipinski definition) is 0. The second-order valence-corrected chi connectivity index (χ2v) is 8.44. The molecule has 0 unspecified atom stereocenters. The molecule has 0 aliphatic carbocycles. The number of benzene rings is 2. The first-order chi connectivity index (χ1) is 11.2. The maximum atomic E-state index is 4.93. The van der Waals surface area contributed by atoms with Crippen molar-refractivity contribution >= 4 is 27.8 Å². The van der Waals surface area contributed by atoms with Crippen LogP contribution in [-0.4, -0.2) is 0 Å². The Balaban J connectivity index is 0.000000325. The maximum absolute atomic E-state index is 4.93. The van der Waals surface area contributed by atoms with Crippen LogP contribution in [0.5, 0.6) is 0 Å². The Labute approximate surface area is 157 Å². The van der Waals surface area contributed by atoms with E-state index in [1.165, 1.54) is 39.6 Å². The summed E-state index contributed by atoms with van der Waals surface area (Å²) in [6.07, 6.45) is 2.92. The third-order valence-corrected chi connectivity index (χ3v) is 3.12. The van der Waals surface area contributed by atoms with Crippen molar-refractivity contribution in [2.45, 2.75) is 6.92 Å². The van der Waals surface area contributed by atoms with Gasteiger partial charge in [0.1, 0.15) is 0 Å². The van der Waals surface area contributed by atoms with Crippen LogP contribution in [0.25, 0.3) is 21.9 Å². The summed E-state index contributed by atoms with van der Waals surface area (Å²) in [5, 5.41) is 2.69. The summed E-state index contributed by atoms with van der Waals surface area (Å²) in [5.41, 5.74) is 3.95. The fourth-order valence-corrected chi connectivity index (χ4v) is 2.25. The molecule has 0 bridgehead atoms. The van der Waals surface area contributed by atoms with Gasteiger partial charge in [0.25, 0.3) is 0 Å². The number of allylic oxidation sites excluding steroid dienone is 2. The van der Waals surface area contributed by atoms with Crippen molar-refractivity contribution in [3.05, 3.63) is 91.5 Å². The van der Waals surface area contributed by atoms with E-state index < -0.39 is 20.8 Å². The van der Waals surface area contributed by atoms with E-state index in [0.29, 0.717) is 0 Å². The van der Waals surface area contributed by atoms with E-state index >= 15 is 0 Å².